The summed E-state index contributed by atoms with van der Waals surface area (Å²) < 4.78 is 1.73. The monoisotopic (exact) mass is 195 g/mol. The van der Waals surface area contributed by atoms with Crippen molar-refractivity contribution in [3.8, 4) is 0 Å². The van der Waals surface area contributed by atoms with E-state index in [9.17, 15) is 0 Å². The molecule has 3 N–H and O–H groups in total. The van der Waals surface area contributed by atoms with E-state index in [4.69, 9.17) is 5.84 Å². The van der Waals surface area contributed by atoms with Crippen LogP contribution >= 0.6 is 0 Å². The quantitative estimate of drug-likeness (QED) is 0.524. The number of hydrogen-bond donors (Lipinski definition) is 2. The van der Waals surface area contributed by atoms with Gasteiger partial charge in [0.25, 0.3) is 0 Å². The second-order valence-electron chi connectivity index (χ2n) is 4.05. The number of hydrazine groups is 1. The fourth-order valence-corrected chi connectivity index (χ4v) is 1.92. The van der Waals surface area contributed by atoms with Crippen LogP contribution in [0.25, 0.3) is 0 Å². The average molecular weight is 195 g/mol. The number of nitrogens with one attached hydrogen (secondary N) is 1. The van der Waals surface area contributed by atoms with E-state index in [1.807, 2.05) is 13.2 Å². The van der Waals surface area contributed by atoms with Crippen LogP contribution in [0.4, 0.5) is 0 Å². The lowest BCUT2D eigenvalue weighted by atomic mass is 9.78. The number of nitrogens with two attached hydrogens (primary N) is 1. The van der Waals surface area contributed by atoms with Gasteiger partial charge in [0.15, 0.2) is 0 Å². The highest BCUT2D eigenvalue weighted by Crippen LogP contribution is 2.30. The molecule has 1 atom stereocenters. The standard InChI is InChI=1S/C9H17N5/c1-14-6-8(12-13-14)5-9(11-10)7-3-2-4-7/h6-7,9,11H,2-5,10H2,1H3. The van der Waals surface area contributed by atoms with E-state index in [1.54, 1.807) is 4.68 Å². The first-order chi connectivity index (χ1) is 6.79. The summed E-state index contributed by atoms with van der Waals surface area (Å²) in [5.41, 5.74) is 3.90. The highest BCUT2D eigenvalue weighted by molar-refractivity contribution is 4.98. The highest BCUT2D eigenvalue weighted by Gasteiger charge is 2.27. The molecular weight excluding hydrogens is 178 g/mol. The minimum absolute atomic E-state index is 0.362. The van der Waals surface area contributed by atoms with E-state index < -0.39 is 0 Å². The lowest BCUT2D eigenvalue weighted by Gasteiger charge is -2.32. The third kappa shape index (κ3) is 1.93. The average Bonchev–Trinajstić information content (AvgIpc) is 2.47. The first kappa shape index (κ1) is 9.61. The molecular formula is C9H17N5. The minimum Gasteiger partial charge on any atom is -0.271 e. The summed E-state index contributed by atoms with van der Waals surface area (Å²) in [6.45, 7) is 0. The van der Waals surface area contributed by atoms with E-state index in [-0.39, 0.29) is 0 Å². The lowest BCUT2D eigenvalue weighted by molar-refractivity contribution is 0.227. The Morgan fingerprint density at radius 3 is 2.93 bits per heavy atom. The summed E-state index contributed by atoms with van der Waals surface area (Å²) in [6.07, 6.45) is 6.74. The molecule has 1 fully saturated rings. The van der Waals surface area contributed by atoms with Gasteiger partial charge >= 0.3 is 0 Å². The Morgan fingerprint density at radius 2 is 2.50 bits per heavy atom. The van der Waals surface area contributed by atoms with E-state index in [1.165, 1.54) is 19.3 Å². The van der Waals surface area contributed by atoms with Gasteiger partial charge in [-0.2, -0.15) is 0 Å². The Bertz CT molecular complexity index is 291. The van der Waals surface area contributed by atoms with Gasteiger partial charge in [0.05, 0.1) is 5.69 Å². The van der Waals surface area contributed by atoms with Crippen molar-refractivity contribution in [1.29, 1.82) is 0 Å². The molecule has 14 heavy (non-hydrogen) atoms. The Labute approximate surface area is 83.6 Å². The molecule has 78 valence electrons. The maximum Gasteiger partial charge on any atom is 0.0843 e. The Morgan fingerprint density at radius 1 is 1.71 bits per heavy atom. The molecule has 0 radical (unpaired) electrons. The highest BCUT2D eigenvalue weighted by atomic mass is 15.4. The van der Waals surface area contributed by atoms with E-state index in [0.29, 0.717) is 6.04 Å². The molecule has 1 heterocycles. The predicted molar refractivity (Wildman–Crippen MR) is 53.2 cm³/mol. The molecule has 5 heteroatoms. The second-order valence-corrected chi connectivity index (χ2v) is 4.05. The van der Waals surface area contributed by atoms with E-state index in [0.717, 1.165) is 18.0 Å². The van der Waals surface area contributed by atoms with Crippen LogP contribution in [0.5, 0.6) is 0 Å². The number of nitrogens with zero attached hydrogens (tertiary/aromatic N) is 3. The van der Waals surface area contributed by atoms with Crippen molar-refractivity contribution in [3.63, 3.8) is 0 Å². The van der Waals surface area contributed by atoms with Crippen LogP contribution in [0.1, 0.15) is 25.0 Å². The van der Waals surface area contributed by atoms with Crippen LogP contribution < -0.4 is 11.3 Å². The van der Waals surface area contributed by atoms with Crippen LogP contribution in [0.3, 0.4) is 0 Å². The van der Waals surface area contributed by atoms with Gasteiger partial charge in [-0.1, -0.05) is 11.6 Å². The maximum atomic E-state index is 5.53. The molecule has 0 bridgehead atoms. The summed E-state index contributed by atoms with van der Waals surface area (Å²) in [6, 6.07) is 0.362. The number of hydrogen-bond acceptors (Lipinski definition) is 4. The van der Waals surface area contributed by atoms with Gasteiger partial charge < -0.3 is 0 Å². The first-order valence-corrected chi connectivity index (χ1v) is 5.11. The molecule has 2 rings (SSSR count). The Hall–Kier alpha value is -0.940. The van der Waals surface area contributed by atoms with Crippen molar-refractivity contribution in [2.45, 2.75) is 31.7 Å². The predicted octanol–water partition coefficient (Wildman–Crippen LogP) is -0.0104. The minimum atomic E-state index is 0.362. The van der Waals surface area contributed by atoms with Crippen molar-refractivity contribution in [2.24, 2.45) is 18.8 Å². The molecule has 1 aliphatic rings. The summed E-state index contributed by atoms with van der Waals surface area (Å²) in [7, 11) is 1.88. The van der Waals surface area contributed by atoms with Gasteiger partial charge in [-0.3, -0.25) is 16.0 Å². The van der Waals surface area contributed by atoms with E-state index >= 15 is 0 Å². The largest absolute Gasteiger partial charge is 0.271 e. The molecule has 1 aromatic heterocycles. The molecule has 1 aliphatic carbocycles. The number of rotatable bonds is 4. The molecule has 1 aromatic rings. The molecule has 1 saturated carbocycles. The topological polar surface area (TPSA) is 68.8 Å². The molecule has 1 unspecified atom stereocenters. The zero-order chi connectivity index (χ0) is 9.97. The Balaban J connectivity index is 1.93. The van der Waals surface area contributed by atoms with Crippen molar-refractivity contribution in [2.75, 3.05) is 0 Å². The van der Waals surface area contributed by atoms with Gasteiger partial charge in [-0.15, -0.1) is 5.10 Å². The van der Waals surface area contributed by atoms with Gasteiger partial charge in [0.1, 0.15) is 0 Å². The maximum absolute atomic E-state index is 5.53. The van der Waals surface area contributed by atoms with Crippen LogP contribution in [-0.2, 0) is 13.5 Å². The summed E-state index contributed by atoms with van der Waals surface area (Å²) in [4.78, 5) is 0. The molecule has 0 aliphatic heterocycles. The zero-order valence-corrected chi connectivity index (χ0v) is 8.48. The SMILES string of the molecule is Cn1cc(CC(NN)C2CCC2)nn1. The van der Waals surface area contributed by atoms with Crippen LogP contribution in [0, 0.1) is 5.92 Å². The van der Waals surface area contributed by atoms with Gasteiger partial charge in [-0.05, 0) is 18.8 Å². The third-order valence-corrected chi connectivity index (χ3v) is 3.01. The van der Waals surface area contributed by atoms with Crippen molar-refractivity contribution < 1.29 is 0 Å². The molecule has 0 saturated heterocycles. The molecule has 5 nitrogen and oxygen atoms in total. The number of aryl methyl sites for hydroxylation is 1. The van der Waals surface area contributed by atoms with Gasteiger partial charge in [-0.25, -0.2) is 0 Å². The van der Waals surface area contributed by atoms with E-state index in [2.05, 4.69) is 15.7 Å². The fraction of sp³-hybridized carbons (Fsp3) is 0.778. The van der Waals surface area contributed by atoms with Gasteiger partial charge in [0, 0.05) is 25.7 Å². The Kier molecular flexibility index (Phi) is 2.79. The normalized spacial score (nSPS) is 19.3. The van der Waals surface area contributed by atoms with Crippen LogP contribution in [-0.4, -0.2) is 21.0 Å². The third-order valence-electron chi connectivity index (χ3n) is 3.01. The molecule has 0 amide bonds. The smallest absolute Gasteiger partial charge is 0.0843 e. The van der Waals surface area contributed by atoms with Crippen LogP contribution in [0.15, 0.2) is 6.20 Å². The first-order valence-electron chi connectivity index (χ1n) is 5.11. The van der Waals surface area contributed by atoms with Gasteiger partial charge in [0.2, 0.25) is 0 Å². The zero-order valence-electron chi connectivity index (χ0n) is 8.48. The van der Waals surface area contributed by atoms with Crippen molar-refractivity contribution in [3.05, 3.63) is 11.9 Å². The summed E-state index contributed by atoms with van der Waals surface area (Å²) in [5, 5.41) is 7.97. The van der Waals surface area contributed by atoms with Crippen molar-refractivity contribution >= 4 is 0 Å². The number of aromatic nitrogens is 3. The van der Waals surface area contributed by atoms with Crippen LogP contribution in [0.2, 0.25) is 0 Å². The molecule has 0 spiro atoms. The lowest BCUT2D eigenvalue weighted by Crippen LogP contribution is -2.44. The fourth-order valence-electron chi connectivity index (χ4n) is 1.92. The summed E-state index contributed by atoms with van der Waals surface area (Å²) in [5.74, 6) is 6.26. The second kappa shape index (κ2) is 4.06. The van der Waals surface area contributed by atoms with Crippen molar-refractivity contribution in [1.82, 2.24) is 20.4 Å². The summed E-state index contributed by atoms with van der Waals surface area (Å²) >= 11 is 0. The molecule has 0 aromatic carbocycles.